The van der Waals surface area contributed by atoms with E-state index in [2.05, 4.69) is 9.71 Å². The summed E-state index contributed by atoms with van der Waals surface area (Å²) in [5, 5.41) is 8.64. The van der Waals surface area contributed by atoms with Crippen molar-refractivity contribution < 1.29 is 13.5 Å². The molecule has 6 nitrogen and oxygen atoms in total. The minimum absolute atomic E-state index is 0.0277. The monoisotopic (exact) mass is 259 g/mol. The number of aliphatic hydroxyl groups excluding tert-OH is 1. The Morgan fingerprint density at radius 2 is 2.24 bits per heavy atom. The zero-order chi connectivity index (χ0) is 12.7. The Hall–Kier alpha value is -1.02. The zero-order valence-electron chi connectivity index (χ0n) is 9.70. The second-order valence-electron chi connectivity index (χ2n) is 3.55. The first-order valence-electron chi connectivity index (χ1n) is 5.28. The number of rotatable bonds is 7. The van der Waals surface area contributed by atoms with Crippen molar-refractivity contribution in [2.24, 2.45) is 0 Å². The molecule has 7 heteroatoms. The Morgan fingerprint density at radius 1 is 1.47 bits per heavy atom. The third-order valence-electron chi connectivity index (χ3n) is 2.20. The lowest BCUT2D eigenvalue weighted by Crippen LogP contribution is -2.38. The maximum atomic E-state index is 11.7. The number of aliphatic hydroxyl groups is 1. The molecule has 0 aliphatic heterocycles. The van der Waals surface area contributed by atoms with Crippen LogP contribution < -0.4 is 4.72 Å². The first-order valence-corrected chi connectivity index (χ1v) is 6.72. The molecule has 0 saturated heterocycles. The highest BCUT2D eigenvalue weighted by molar-refractivity contribution is 7.87. The summed E-state index contributed by atoms with van der Waals surface area (Å²) >= 11 is 0. The summed E-state index contributed by atoms with van der Waals surface area (Å²) in [4.78, 5) is 4.02. The van der Waals surface area contributed by atoms with Crippen molar-refractivity contribution in [2.45, 2.75) is 13.0 Å². The molecule has 17 heavy (non-hydrogen) atoms. The summed E-state index contributed by atoms with van der Waals surface area (Å²) < 4.78 is 27.0. The first kappa shape index (κ1) is 14.0. The van der Waals surface area contributed by atoms with E-state index in [0.29, 0.717) is 12.1 Å². The fourth-order valence-electron chi connectivity index (χ4n) is 1.19. The van der Waals surface area contributed by atoms with Crippen molar-refractivity contribution in [1.29, 1.82) is 0 Å². The summed E-state index contributed by atoms with van der Waals surface area (Å²) in [7, 11) is -2.03. The standard InChI is InChI=1S/C10H17N3O3S/c1-13(7-4-8-14)17(15,16)12-9-10-5-2-3-6-11-10/h2-3,5-6,12,14H,4,7-9H2,1H3. The van der Waals surface area contributed by atoms with Crippen LogP contribution in [-0.2, 0) is 16.8 Å². The fraction of sp³-hybridized carbons (Fsp3) is 0.500. The predicted molar refractivity (Wildman–Crippen MR) is 64.3 cm³/mol. The summed E-state index contributed by atoms with van der Waals surface area (Å²) in [6.07, 6.45) is 2.03. The molecule has 0 fully saturated rings. The molecule has 0 aliphatic rings. The maximum absolute atomic E-state index is 11.7. The second kappa shape index (κ2) is 6.65. The lowest BCUT2D eigenvalue weighted by Gasteiger charge is -2.16. The van der Waals surface area contributed by atoms with Crippen molar-refractivity contribution >= 4 is 10.2 Å². The van der Waals surface area contributed by atoms with Crippen LogP contribution in [0.3, 0.4) is 0 Å². The van der Waals surface area contributed by atoms with Crippen molar-refractivity contribution in [3.63, 3.8) is 0 Å². The second-order valence-corrected chi connectivity index (χ2v) is 5.41. The lowest BCUT2D eigenvalue weighted by molar-refractivity contribution is 0.275. The zero-order valence-corrected chi connectivity index (χ0v) is 10.5. The van der Waals surface area contributed by atoms with Gasteiger partial charge in [0.15, 0.2) is 0 Å². The quantitative estimate of drug-likeness (QED) is 0.706. The lowest BCUT2D eigenvalue weighted by atomic mass is 10.4. The molecular formula is C10H17N3O3S. The van der Waals surface area contributed by atoms with E-state index in [1.165, 1.54) is 11.4 Å². The van der Waals surface area contributed by atoms with E-state index in [9.17, 15) is 8.42 Å². The van der Waals surface area contributed by atoms with Gasteiger partial charge in [-0.2, -0.15) is 17.4 Å². The topological polar surface area (TPSA) is 82.5 Å². The van der Waals surface area contributed by atoms with Gasteiger partial charge in [0.05, 0.1) is 12.2 Å². The van der Waals surface area contributed by atoms with Crippen LogP contribution in [0.4, 0.5) is 0 Å². The van der Waals surface area contributed by atoms with Gasteiger partial charge in [-0.25, -0.2) is 0 Å². The predicted octanol–water partition coefficient (Wildman–Crippen LogP) is -0.270. The number of hydrogen-bond acceptors (Lipinski definition) is 4. The van der Waals surface area contributed by atoms with Gasteiger partial charge in [-0.3, -0.25) is 4.98 Å². The van der Waals surface area contributed by atoms with Gasteiger partial charge in [0.25, 0.3) is 10.2 Å². The number of hydrogen-bond donors (Lipinski definition) is 2. The average molecular weight is 259 g/mol. The summed E-state index contributed by atoms with van der Waals surface area (Å²) in [5.41, 5.74) is 0.659. The van der Waals surface area contributed by atoms with Gasteiger partial charge in [0.2, 0.25) is 0 Å². The van der Waals surface area contributed by atoms with Crippen molar-refractivity contribution in [1.82, 2.24) is 14.0 Å². The third-order valence-corrected chi connectivity index (χ3v) is 3.72. The molecule has 2 N–H and O–H groups in total. The van der Waals surface area contributed by atoms with Gasteiger partial charge in [0, 0.05) is 26.4 Å². The van der Waals surface area contributed by atoms with E-state index in [4.69, 9.17) is 5.11 Å². The number of nitrogens with zero attached hydrogens (tertiary/aromatic N) is 2. The van der Waals surface area contributed by atoms with Crippen molar-refractivity contribution in [3.8, 4) is 0 Å². The first-order chi connectivity index (χ1) is 8.06. The molecule has 0 amide bonds. The van der Waals surface area contributed by atoms with E-state index in [-0.39, 0.29) is 19.7 Å². The van der Waals surface area contributed by atoms with Gasteiger partial charge < -0.3 is 5.11 Å². The van der Waals surface area contributed by atoms with Gasteiger partial charge >= 0.3 is 0 Å². The Morgan fingerprint density at radius 3 is 2.82 bits per heavy atom. The van der Waals surface area contributed by atoms with Crippen LogP contribution in [0.1, 0.15) is 12.1 Å². The van der Waals surface area contributed by atoms with E-state index >= 15 is 0 Å². The molecule has 1 rings (SSSR count). The van der Waals surface area contributed by atoms with E-state index < -0.39 is 10.2 Å². The molecule has 0 atom stereocenters. The van der Waals surface area contributed by atoms with Gasteiger partial charge in [0.1, 0.15) is 0 Å². The molecule has 0 saturated carbocycles. The number of pyridine rings is 1. The minimum Gasteiger partial charge on any atom is -0.396 e. The van der Waals surface area contributed by atoms with Crippen LogP contribution in [0, 0.1) is 0 Å². The van der Waals surface area contributed by atoms with Crippen LogP contribution >= 0.6 is 0 Å². The fourth-order valence-corrected chi connectivity index (χ4v) is 2.11. The Labute approximate surface area is 101 Å². The Balaban J connectivity index is 2.50. The smallest absolute Gasteiger partial charge is 0.279 e. The molecular weight excluding hydrogens is 242 g/mol. The molecule has 1 heterocycles. The van der Waals surface area contributed by atoms with E-state index in [1.807, 2.05) is 0 Å². The van der Waals surface area contributed by atoms with E-state index in [0.717, 1.165) is 0 Å². The highest BCUT2D eigenvalue weighted by Gasteiger charge is 2.16. The summed E-state index contributed by atoms with van der Waals surface area (Å²) in [6.45, 7) is 0.417. The molecule has 0 spiro atoms. The Kier molecular flexibility index (Phi) is 5.49. The van der Waals surface area contributed by atoms with Crippen molar-refractivity contribution in [3.05, 3.63) is 30.1 Å². The molecule has 0 aliphatic carbocycles. The molecule has 0 bridgehead atoms. The molecule has 96 valence electrons. The molecule has 1 aromatic rings. The van der Waals surface area contributed by atoms with Crippen LogP contribution in [0.25, 0.3) is 0 Å². The molecule has 0 aromatic carbocycles. The van der Waals surface area contributed by atoms with Crippen LogP contribution in [0.2, 0.25) is 0 Å². The summed E-state index contributed by atoms with van der Waals surface area (Å²) in [5.74, 6) is 0. The van der Waals surface area contributed by atoms with Crippen LogP contribution in [0.5, 0.6) is 0 Å². The molecule has 1 aromatic heterocycles. The SMILES string of the molecule is CN(CCCO)S(=O)(=O)NCc1ccccn1. The minimum atomic E-state index is -3.50. The molecule has 0 radical (unpaired) electrons. The average Bonchev–Trinajstić information content (AvgIpc) is 2.35. The third kappa shape index (κ3) is 4.78. The molecule has 0 unspecified atom stereocenters. The summed E-state index contributed by atoms with van der Waals surface area (Å²) in [6, 6.07) is 5.31. The van der Waals surface area contributed by atoms with Gasteiger partial charge in [-0.15, -0.1) is 0 Å². The van der Waals surface area contributed by atoms with E-state index in [1.54, 1.807) is 24.4 Å². The van der Waals surface area contributed by atoms with Gasteiger partial charge in [-0.05, 0) is 18.6 Å². The van der Waals surface area contributed by atoms with Gasteiger partial charge in [-0.1, -0.05) is 6.07 Å². The Bertz CT molecular complexity index is 422. The number of nitrogens with one attached hydrogen (secondary N) is 1. The van der Waals surface area contributed by atoms with Crippen molar-refractivity contribution in [2.75, 3.05) is 20.2 Å². The highest BCUT2D eigenvalue weighted by atomic mass is 32.2. The highest BCUT2D eigenvalue weighted by Crippen LogP contribution is 1.98. The largest absolute Gasteiger partial charge is 0.396 e. The van der Waals surface area contributed by atoms with Crippen LogP contribution in [-0.4, -0.2) is 43.0 Å². The normalized spacial score (nSPS) is 11.9. The van der Waals surface area contributed by atoms with Crippen LogP contribution in [0.15, 0.2) is 24.4 Å². The number of aromatic nitrogens is 1. The maximum Gasteiger partial charge on any atom is 0.279 e.